The van der Waals surface area contributed by atoms with Gasteiger partial charge in [-0.1, -0.05) is 51.7 Å². The molecule has 3 heteroatoms. The molecule has 1 aromatic carbocycles. The van der Waals surface area contributed by atoms with Crippen LogP contribution in [0.3, 0.4) is 0 Å². The molecular weight excluding hydrogens is 308 g/mol. The number of nitrogens with two attached hydrogens (primary N) is 1. The van der Waals surface area contributed by atoms with Gasteiger partial charge in [-0.2, -0.15) is 0 Å². The van der Waals surface area contributed by atoms with Crippen LogP contribution in [0.4, 0.5) is 5.69 Å². The van der Waals surface area contributed by atoms with E-state index in [9.17, 15) is 4.79 Å². The van der Waals surface area contributed by atoms with Crippen LogP contribution in [-0.2, 0) is 11.2 Å². The second kappa shape index (κ2) is 10.6. The summed E-state index contributed by atoms with van der Waals surface area (Å²) in [6.07, 6.45) is 11.5. The minimum Gasteiger partial charge on any atom is -0.327 e. The van der Waals surface area contributed by atoms with E-state index in [-0.39, 0.29) is 17.9 Å². The van der Waals surface area contributed by atoms with Crippen LogP contribution in [0.1, 0.15) is 77.2 Å². The fraction of sp³-hybridized carbons (Fsp3) is 0.682. The number of nitrogens with one attached hydrogen (secondary N) is 1. The quantitative estimate of drug-likeness (QED) is 0.639. The Hall–Kier alpha value is -1.35. The molecule has 0 heterocycles. The number of carbonyl (C=O) groups is 1. The third-order valence-electron chi connectivity index (χ3n) is 5.56. The monoisotopic (exact) mass is 344 g/mol. The largest absolute Gasteiger partial charge is 0.327 e. The molecule has 1 amide bonds. The first-order chi connectivity index (χ1) is 12.1. The fourth-order valence-corrected chi connectivity index (χ4v) is 3.95. The van der Waals surface area contributed by atoms with Crippen molar-refractivity contribution in [3.05, 3.63) is 29.8 Å². The Kier molecular flexibility index (Phi) is 8.47. The summed E-state index contributed by atoms with van der Waals surface area (Å²) < 4.78 is 0. The number of hydrogen-bond acceptors (Lipinski definition) is 2. The summed E-state index contributed by atoms with van der Waals surface area (Å²) >= 11 is 0. The second-order valence-corrected chi connectivity index (χ2v) is 7.80. The first-order valence-corrected chi connectivity index (χ1v) is 10.3. The van der Waals surface area contributed by atoms with Crippen LogP contribution in [0, 0.1) is 11.8 Å². The van der Waals surface area contributed by atoms with Gasteiger partial charge in [0.25, 0.3) is 0 Å². The van der Waals surface area contributed by atoms with Crippen LogP contribution in [0.25, 0.3) is 0 Å². The molecule has 0 spiro atoms. The Morgan fingerprint density at radius 2 is 1.80 bits per heavy atom. The van der Waals surface area contributed by atoms with E-state index in [0.29, 0.717) is 0 Å². The molecule has 3 nitrogen and oxygen atoms in total. The molecule has 1 aromatic rings. The van der Waals surface area contributed by atoms with Crippen LogP contribution in [0.5, 0.6) is 0 Å². The predicted molar refractivity (Wildman–Crippen MR) is 107 cm³/mol. The van der Waals surface area contributed by atoms with E-state index in [0.717, 1.165) is 43.7 Å². The first-order valence-electron chi connectivity index (χ1n) is 10.3. The molecular formula is C22H36N2O. The highest BCUT2D eigenvalue weighted by Gasteiger charge is 2.25. The van der Waals surface area contributed by atoms with Gasteiger partial charge < -0.3 is 11.1 Å². The Morgan fingerprint density at radius 1 is 1.12 bits per heavy atom. The molecule has 1 fully saturated rings. The third-order valence-corrected chi connectivity index (χ3v) is 5.56. The molecule has 0 radical (unpaired) electrons. The van der Waals surface area contributed by atoms with Gasteiger partial charge in [-0.25, -0.2) is 0 Å². The van der Waals surface area contributed by atoms with Crippen molar-refractivity contribution >= 4 is 11.6 Å². The van der Waals surface area contributed by atoms with Crippen molar-refractivity contribution in [3.63, 3.8) is 0 Å². The molecule has 1 saturated carbocycles. The van der Waals surface area contributed by atoms with E-state index < -0.39 is 0 Å². The summed E-state index contributed by atoms with van der Waals surface area (Å²) in [5.74, 6) is 1.23. The maximum Gasteiger partial charge on any atom is 0.227 e. The number of hydrogen-bond donors (Lipinski definition) is 2. The van der Waals surface area contributed by atoms with E-state index in [2.05, 4.69) is 31.3 Å². The van der Waals surface area contributed by atoms with E-state index >= 15 is 0 Å². The first kappa shape index (κ1) is 20.0. The highest BCUT2D eigenvalue weighted by molar-refractivity contribution is 5.92. The molecule has 0 saturated heterocycles. The lowest BCUT2D eigenvalue weighted by Crippen LogP contribution is -2.27. The number of rotatable bonds is 9. The maximum absolute atomic E-state index is 12.5. The summed E-state index contributed by atoms with van der Waals surface area (Å²) in [6.45, 7) is 4.41. The van der Waals surface area contributed by atoms with Gasteiger partial charge in [-0.05, 0) is 62.1 Å². The molecule has 0 aromatic heterocycles. The minimum atomic E-state index is 0.190. The molecule has 1 aliphatic carbocycles. The van der Waals surface area contributed by atoms with E-state index in [1.807, 2.05) is 12.1 Å². The van der Waals surface area contributed by atoms with Crippen LogP contribution in [-0.4, -0.2) is 11.9 Å². The zero-order valence-corrected chi connectivity index (χ0v) is 16.1. The van der Waals surface area contributed by atoms with Crippen molar-refractivity contribution < 1.29 is 4.79 Å². The highest BCUT2D eigenvalue weighted by atomic mass is 16.1. The van der Waals surface area contributed by atoms with Crippen molar-refractivity contribution in [1.29, 1.82) is 0 Å². The number of anilines is 1. The number of carbonyl (C=O) groups excluding carboxylic acids is 1. The number of unbranched alkanes of at least 4 members (excludes halogenated alkanes) is 1. The summed E-state index contributed by atoms with van der Waals surface area (Å²) in [4.78, 5) is 12.5. The predicted octanol–water partition coefficient (Wildman–Crippen LogP) is 5.29. The average Bonchev–Trinajstić information content (AvgIpc) is 2.62. The molecule has 0 aliphatic heterocycles. The molecule has 1 aliphatic rings. The zero-order valence-electron chi connectivity index (χ0n) is 16.1. The molecule has 0 bridgehead atoms. The van der Waals surface area contributed by atoms with Crippen molar-refractivity contribution in [2.75, 3.05) is 5.32 Å². The normalized spacial score (nSPS) is 21.7. The van der Waals surface area contributed by atoms with Gasteiger partial charge in [-0.3, -0.25) is 4.79 Å². The molecule has 140 valence electrons. The molecule has 2 rings (SSSR count). The smallest absolute Gasteiger partial charge is 0.227 e. The number of benzene rings is 1. The van der Waals surface area contributed by atoms with Crippen molar-refractivity contribution in [3.8, 4) is 0 Å². The third kappa shape index (κ3) is 6.81. The van der Waals surface area contributed by atoms with E-state index in [4.69, 9.17) is 5.73 Å². The van der Waals surface area contributed by atoms with Crippen molar-refractivity contribution in [1.82, 2.24) is 0 Å². The Labute approximate surface area is 153 Å². The second-order valence-electron chi connectivity index (χ2n) is 7.80. The van der Waals surface area contributed by atoms with E-state index in [1.165, 1.54) is 37.7 Å². The number of amides is 1. The van der Waals surface area contributed by atoms with Crippen LogP contribution < -0.4 is 11.1 Å². The zero-order chi connectivity index (χ0) is 18.1. The van der Waals surface area contributed by atoms with E-state index in [1.54, 1.807) is 0 Å². The summed E-state index contributed by atoms with van der Waals surface area (Å²) in [7, 11) is 0. The Morgan fingerprint density at radius 3 is 2.40 bits per heavy atom. The van der Waals surface area contributed by atoms with Gasteiger partial charge in [0.1, 0.15) is 0 Å². The highest BCUT2D eigenvalue weighted by Crippen LogP contribution is 2.32. The molecule has 1 unspecified atom stereocenters. The maximum atomic E-state index is 12.5. The van der Waals surface area contributed by atoms with Gasteiger partial charge >= 0.3 is 0 Å². The summed E-state index contributed by atoms with van der Waals surface area (Å²) in [5.41, 5.74) is 8.26. The Balaban J connectivity index is 1.77. The lowest BCUT2D eigenvalue weighted by Gasteiger charge is -2.27. The minimum absolute atomic E-state index is 0.190. The SMILES string of the molecule is CCCCC1CCC(C(=O)Nc2ccc(CC(N)CCC)cc2)CC1. The Bertz CT molecular complexity index is 503. The molecule has 3 N–H and O–H groups in total. The fourth-order valence-electron chi connectivity index (χ4n) is 3.95. The van der Waals surface area contributed by atoms with Crippen molar-refractivity contribution in [2.45, 2.75) is 84.1 Å². The van der Waals surface area contributed by atoms with Crippen molar-refractivity contribution in [2.24, 2.45) is 17.6 Å². The van der Waals surface area contributed by atoms with Crippen LogP contribution in [0.15, 0.2) is 24.3 Å². The van der Waals surface area contributed by atoms with Crippen LogP contribution >= 0.6 is 0 Å². The molecule has 1 atom stereocenters. The molecule has 25 heavy (non-hydrogen) atoms. The average molecular weight is 345 g/mol. The van der Waals surface area contributed by atoms with Gasteiger partial charge in [-0.15, -0.1) is 0 Å². The summed E-state index contributed by atoms with van der Waals surface area (Å²) in [5, 5.41) is 3.11. The summed E-state index contributed by atoms with van der Waals surface area (Å²) in [6, 6.07) is 8.44. The van der Waals surface area contributed by atoms with Gasteiger partial charge in [0.15, 0.2) is 0 Å². The lowest BCUT2D eigenvalue weighted by atomic mass is 9.79. The van der Waals surface area contributed by atoms with Crippen LogP contribution in [0.2, 0.25) is 0 Å². The standard InChI is InChI=1S/C22H36N2O/c1-3-5-7-17-8-12-19(13-9-17)22(25)24-21-14-10-18(11-15-21)16-20(23)6-4-2/h10-11,14-15,17,19-20H,3-9,12-13,16,23H2,1-2H3,(H,24,25). The van der Waals surface area contributed by atoms with Gasteiger partial charge in [0.2, 0.25) is 5.91 Å². The lowest BCUT2D eigenvalue weighted by molar-refractivity contribution is -0.121. The van der Waals surface area contributed by atoms with Gasteiger partial charge in [0.05, 0.1) is 0 Å². The van der Waals surface area contributed by atoms with Gasteiger partial charge in [0, 0.05) is 17.6 Å². The topological polar surface area (TPSA) is 55.1 Å².